The summed E-state index contributed by atoms with van der Waals surface area (Å²) in [7, 11) is 0. The van der Waals surface area contributed by atoms with Crippen molar-refractivity contribution in [2.75, 3.05) is 0 Å². The van der Waals surface area contributed by atoms with Gasteiger partial charge in [-0.05, 0) is 111 Å². The molecule has 4 heteroatoms. The van der Waals surface area contributed by atoms with Crippen molar-refractivity contribution in [2.24, 2.45) is 0 Å². The minimum absolute atomic E-state index is 0.0759. The van der Waals surface area contributed by atoms with Gasteiger partial charge in [0, 0.05) is 32.8 Å². The maximum absolute atomic E-state index is 5.54. The summed E-state index contributed by atoms with van der Waals surface area (Å²) in [6.07, 6.45) is 2.34. The number of benzene rings is 8. The number of rotatable bonds is 3. The fraction of sp³-hybridized carbons (Fsp3) is 0.148. The maximum Gasteiger partial charge on any atom is 0.165 e. The number of nitrogens with zero attached hydrogens (tertiary/aromatic N) is 4. The van der Waals surface area contributed by atoms with E-state index in [1.165, 1.54) is 78.1 Å². The highest BCUT2D eigenvalue weighted by Gasteiger charge is 2.38. The molecule has 0 radical (unpaired) electrons. The summed E-state index contributed by atoms with van der Waals surface area (Å²) in [6.45, 7) is 9.72. The van der Waals surface area contributed by atoms with E-state index in [9.17, 15) is 0 Å². The minimum atomic E-state index is 0.0759. The van der Waals surface area contributed by atoms with Gasteiger partial charge >= 0.3 is 0 Å². The zero-order valence-corrected chi connectivity index (χ0v) is 33.2. The lowest BCUT2D eigenvalue weighted by Crippen LogP contribution is -2.33. The van der Waals surface area contributed by atoms with Crippen LogP contribution in [-0.4, -0.2) is 19.1 Å². The van der Waals surface area contributed by atoms with Crippen LogP contribution in [0, 0.1) is 0 Å². The second-order valence-electron chi connectivity index (χ2n) is 17.7. The fourth-order valence-electron chi connectivity index (χ4n) is 10.2. The van der Waals surface area contributed by atoms with Gasteiger partial charge in [0.05, 0.1) is 33.1 Å². The van der Waals surface area contributed by atoms with Gasteiger partial charge in [-0.1, -0.05) is 131 Å². The average Bonchev–Trinajstić information content (AvgIpc) is 3.77. The summed E-state index contributed by atoms with van der Waals surface area (Å²) >= 11 is 0. The Bertz CT molecular complexity index is 3510. The van der Waals surface area contributed by atoms with Crippen LogP contribution in [0.15, 0.2) is 158 Å². The molecular weight excluding hydrogens is 705 g/mol. The number of aromatic nitrogens is 4. The van der Waals surface area contributed by atoms with Crippen molar-refractivity contribution in [3.8, 4) is 22.8 Å². The molecule has 0 unspecified atom stereocenters. The van der Waals surface area contributed by atoms with Crippen LogP contribution in [0.1, 0.15) is 51.7 Å². The predicted molar refractivity (Wildman–Crippen MR) is 244 cm³/mol. The molecule has 0 spiro atoms. The van der Waals surface area contributed by atoms with Crippen LogP contribution in [-0.2, 0) is 10.8 Å². The van der Waals surface area contributed by atoms with Crippen LogP contribution in [0.25, 0.3) is 99.0 Å². The molecule has 3 aromatic heterocycles. The van der Waals surface area contributed by atoms with E-state index in [0.717, 1.165) is 44.8 Å². The summed E-state index contributed by atoms with van der Waals surface area (Å²) in [4.78, 5) is 11.0. The van der Waals surface area contributed by atoms with Crippen molar-refractivity contribution in [1.82, 2.24) is 19.1 Å². The van der Waals surface area contributed by atoms with Gasteiger partial charge in [0.2, 0.25) is 0 Å². The molecular formula is C54H42N4. The Labute approximate surface area is 337 Å². The molecule has 0 amide bonds. The maximum atomic E-state index is 5.54. The Morgan fingerprint density at radius 2 is 1.07 bits per heavy atom. The largest absolute Gasteiger partial charge is 0.309 e. The molecule has 12 rings (SSSR count). The molecule has 0 fully saturated rings. The number of hydrogen-bond acceptors (Lipinski definition) is 2. The zero-order chi connectivity index (χ0) is 38.9. The van der Waals surface area contributed by atoms with Gasteiger partial charge in [-0.15, -0.1) is 0 Å². The van der Waals surface area contributed by atoms with Gasteiger partial charge < -0.3 is 4.57 Å². The lowest BCUT2D eigenvalue weighted by molar-refractivity contribution is 0.332. The highest BCUT2D eigenvalue weighted by Crippen LogP contribution is 2.50. The van der Waals surface area contributed by atoms with Gasteiger partial charge in [0.15, 0.2) is 5.82 Å². The predicted octanol–water partition coefficient (Wildman–Crippen LogP) is 14.1. The molecule has 0 N–H and O–H groups in total. The van der Waals surface area contributed by atoms with Crippen molar-refractivity contribution in [3.63, 3.8) is 0 Å². The van der Waals surface area contributed by atoms with Crippen molar-refractivity contribution in [3.05, 3.63) is 169 Å². The monoisotopic (exact) mass is 746 g/mol. The topological polar surface area (TPSA) is 35.6 Å². The van der Waals surface area contributed by atoms with Gasteiger partial charge in [-0.3, -0.25) is 4.57 Å². The molecule has 278 valence electrons. The first-order valence-corrected chi connectivity index (χ1v) is 20.6. The Morgan fingerprint density at radius 1 is 0.448 bits per heavy atom. The van der Waals surface area contributed by atoms with E-state index in [4.69, 9.17) is 9.97 Å². The Balaban J connectivity index is 1.29. The standard InChI is InChI=1S/C54H42N4/c1-53(2)28-29-54(3,4)42-32-47-40(31-41(42)53)39-25-27-46-49(51(39)57(47)37-17-6-5-7-18-37)48-38-19-11-10-15-34(38)24-26-45(48)58(46)52-50(55-43-20-12-13-21-44(43)56-52)36-23-22-33-14-8-9-16-35(33)30-36/h5-27,30-32H,28-29H2,1-4H3. The molecule has 3 heterocycles. The lowest BCUT2D eigenvalue weighted by Gasteiger charge is -2.42. The van der Waals surface area contributed by atoms with Crippen LogP contribution >= 0.6 is 0 Å². The van der Waals surface area contributed by atoms with Crippen LogP contribution in [0.3, 0.4) is 0 Å². The molecule has 1 aliphatic carbocycles. The molecule has 0 aliphatic heterocycles. The van der Waals surface area contributed by atoms with Crippen molar-refractivity contribution in [2.45, 2.75) is 51.4 Å². The molecule has 0 bridgehead atoms. The SMILES string of the molecule is CC1(C)CCC(C)(C)c2cc3c(cc21)c1ccc2c(c4c5ccccc5ccc4n2-c2nc4ccccc4nc2-c2ccc4ccccc4c2)c1n3-c1ccccc1. The van der Waals surface area contributed by atoms with E-state index in [0.29, 0.717) is 0 Å². The summed E-state index contributed by atoms with van der Waals surface area (Å²) in [6, 6.07) is 57.6. The zero-order valence-electron chi connectivity index (χ0n) is 33.2. The van der Waals surface area contributed by atoms with Crippen LogP contribution in [0.4, 0.5) is 0 Å². The van der Waals surface area contributed by atoms with Crippen LogP contribution in [0.2, 0.25) is 0 Å². The van der Waals surface area contributed by atoms with E-state index < -0.39 is 0 Å². The second kappa shape index (κ2) is 11.9. The third-order valence-electron chi connectivity index (χ3n) is 13.3. The smallest absolute Gasteiger partial charge is 0.165 e. The van der Waals surface area contributed by atoms with Crippen molar-refractivity contribution >= 4 is 76.2 Å². The van der Waals surface area contributed by atoms with Crippen LogP contribution < -0.4 is 0 Å². The summed E-state index contributed by atoms with van der Waals surface area (Å²) < 4.78 is 4.94. The van der Waals surface area contributed by atoms with E-state index in [-0.39, 0.29) is 10.8 Å². The van der Waals surface area contributed by atoms with Gasteiger partial charge in [-0.2, -0.15) is 0 Å². The number of hydrogen-bond donors (Lipinski definition) is 0. The fourth-order valence-corrected chi connectivity index (χ4v) is 10.2. The Kier molecular flexibility index (Phi) is 6.83. The van der Waals surface area contributed by atoms with E-state index >= 15 is 0 Å². The van der Waals surface area contributed by atoms with Crippen molar-refractivity contribution in [1.29, 1.82) is 0 Å². The van der Waals surface area contributed by atoms with Gasteiger partial charge in [0.1, 0.15) is 5.69 Å². The molecule has 0 atom stereocenters. The van der Waals surface area contributed by atoms with Crippen molar-refractivity contribution < 1.29 is 0 Å². The second-order valence-corrected chi connectivity index (χ2v) is 17.7. The minimum Gasteiger partial charge on any atom is -0.309 e. The lowest BCUT2D eigenvalue weighted by atomic mass is 9.63. The highest BCUT2D eigenvalue weighted by atomic mass is 15.1. The third kappa shape index (κ3) is 4.69. The van der Waals surface area contributed by atoms with E-state index in [1.807, 2.05) is 6.07 Å². The molecule has 0 saturated carbocycles. The molecule has 58 heavy (non-hydrogen) atoms. The third-order valence-corrected chi connectivity index (χ3v) is 13.3. The molecule has 11 aromatic rings. The number of para-hydroxylation sites is 3. The normalized spacial score (nSPS) is 15.0. The quantitative estimate of drug-likeness (QED) is 0.180. The molecule has 4 nitrogen and oxygen atoms in total. The van der Waals surface area contributed by atoms with Crippen LogP contribution in [0.5, 0.6) is 0 Å². The number of fused-ring (bicyclic) bond motifs is 12. The molecule has 1 aliphatic rings. The summed E-state index contributed by atoms with van der Waals surface area (Å²) in [5, 5.41) is 9.83. The van der Waals surface area contributed by atoms with Gasteiger partial charge in [-0.25, -0.2) is 9.97 Å². The van der Waals surface area contributed by atoms with Gasteiger partial charge in [0.25, 0.3) is 0 Å². The van der Waals surface area contributed by atoms with E-state index in [1.54, 1.807) is 0 Å². The molecule has 0 saturated heterocycles. The molecule has 8 aromatic carbocycles. The Hall–Kier alpha value is -6.78. The first-order valence-electron chi connectivity index (χ1n) is 20.6. The first-order chi connectivity index (χ1) is 28.2. The Morgan fingerprint density at radius 3 is 1.86 bits per heavy atom. The van der Waals surface area contributed by atoms with E-state index in [2.05, 4.69) is 188 Å². The summed E-state index contributed by atoms with van der Waals surface area (Å²) in [5.41, 5.74) is 12.6. The highest BCUT2D eigenvalue weighted by molar-refractivity contribution is 6.31. The first kappa shape index (κ1) is 33.4. The average molecular weight is 747 g/mol. The summed E-state index contributed by atoms with van der Waals surface area (Å²) in [5.74, 6) is 0.824.